The molecule has 0 saturated carbocycles. The van der Waals surface area contributed by atoms with E-state index in [4.69, 9.17) is 0 Å². The molecule has 2 aromatic heterocycles. The number of amides is 1. The molecular weight excluding hydrogens is 456 g/mol. The standard InChI is InChI=1S/C19H22N6O3S3/c1-12-3-5-14(6-4-12)20-18-22-23-19(30-18)29-10-17(26)21-16-9-13(2)24-25(16)15-7-8-31(27,28)11-15/h3-6,9,15H,7-8,10-11H2,1-2H3,(H,20,22)(H,21,26). The second-order valence-corrected chi connectivity index (χ2v) is 11.8. The molecule has 9 nitrogen and oxygen atoms in total. The third-order valence-electron chi connectivity index (χ3n) is 4.72. The van der Waals surface area contributed by atoms with Crippen molar-refractivity contribution < 1.29 is 13.2 Å². The maximum Gasteiger partial charge on any atom is 0.235 e. The van der Waals surface area contributed by atoms with Crippen LogP contribution >= 0.6 is 23.1 Å². The summed E-state index contributed by atoms with van der Waals surface area (Å²) in [5.74, 6) is 0.662. The lowest BCUT2D eigenvalue weighted by Gasteiger charge is -2.13. The molecule has 1 aromatic carbocycles. The number of aromatic nitrogens is 4. The van der Waals surface area contributed by atoms with Crippen molar-refractivity contribution in [1.29, 1.82) is 0 Å². The summed E-state index contributed by atoms with van der Waals surface area (Å²) in [6.45, 7) is 3.84. The lowest BCUT2D eigenvalue weighted by molar-refractivity contribution is -0.113. The van der Waals surface area contributed by atoms with Crippen LogP contribution in [-0.2, 0) is 14.6 Å². The first-order valence-corrected chi connectivity index (χ1v) is 13.3. The smallest absolute Gasteiger partial charge is 0.235 e. The molecule has 1 amide bonds. The summed E-state index contributed by atoms with van der Waals surface area (Å²) in [6, 6.07) is 9.46. The molecule has 1 fully saturated rings. The van der Waals surface area contributed by atoms with Crippen LogP contribution in [0.5, 0.6) is 0 Å². The van der Waals surface area contributed by atoms with Crippen molar-refractivity contribution >= 4 is 55.5 Å². The van der Waals surface area contributed by atoms with E-state index in [1.54, 1.807) is 10.7 Å². The van der Waals surface area contributed by atoms with Gasteiger partial charge in [0.05, 0.1) is 29.0 Å². The highest BCUT2D eigenvalue weighted by Crippen LogP contribution is 2.29. The first-order chi connectivity index (χ1) is 14.8. The number of aryl methyl sites for hydroxylation is 2. The third kappa shape index (κ3) is 5.63. The lowest BCUT2D eigenvalue weighted by Crippen LogP contribution is -2.20. The van der Waals surface area contributed by atoms with Gasteiger partial charge in [-0.1, -0.05) is 40.8 Å². The highest BCUT2D eigenvalue weighted by molar-refractivity contribution is 8.01. The predicted molar refractivity (Wildman–Crippen MR) is 123 cm³/mol. The number of carbonyl (C=O) groups is 1. The van der Waals surface area contributed by atoms with Gasteiger partial charge in [0, 0.05) is 11.8 Å². The van der Waals surface area contributed by atoms with Crippen LogP contribution in [0, 0.1) is 13.8 Å². The second-order valence-electron chi connectivity index (χ2n) is 7.37. The maximum atomic E-state index is 12.5. The summed E-state index contributed by atoms with van der Waals surface area (Å²) < 4.78 is 25.9. The molecule has 4 rings (SSSR count). The molecule has 1 unspecified atom stereocenters. The summed E-state index contributed by atoms with van der Waals surface area (Å²) in [5, 5.41) is 19.3. The highest BCUT2D eigenvalue weighted by Gasteiger charge is 2.31. The summed E-state index contributed by atoms with van der Waals surface area (Å²) >= 11 is 2.67. The number of hydrogen-bond acceptors (Lipinski definition) is 9. The predicted octanol–water partition coefficient (Wildman–Crippen LogP) is 3.19. The van der Waals surface area contributed by atoms with Gasteiger partial charge in [-0.25, -0.2) is 13.1 Å². The molecular formula is C19H22N6O3S3. The number of nitrogens with one attached hydrogen (secondary N) is 2. The van der Waals surface area contributed by atoms with Crippen molar-refractivity contribution in [2.45, 2.75) is 30.6 Å². The average Bonchev–Trinajstić information content (AvgIpc) is 3.41. The molecule has 0 spiro atoms. The van der Waals surface area contributed by atoms with E-state index in [0.29, 0.717) is 21.7 Å². The Hall–Kier alpha value is -2.44. The van der Waals surface area contributed by atoms with Crippen molar-refractivity contribution in [1.82, 2.24) is 20.0 Å². The SMILES string of the molecule is Cc1ccc(Nc2nnc(SCC(=O)Nc3cc(C)nn3C3CCS(=O)(=O)C3)s2)cc1. The summed E-state index contributed by atoms with van der Waals surface area (Å²) in [4.78, 5) is 12.5. The molecule has 164 valence electrons. The van der Waals surface area contributed by atoms with Crippen molar-refractivity contribution in [3.8, 4) is 0 Å². The minimum absolute atomic E-state index is 0.0489. The fraction of sp³-hybridized carbons (Fsp3) is 0.368. The Morgan fingerprint density at radius 3 is 2.74 bits per heavy atom. The summed E-state index contributed by atoms with van der Waals surface area (Å²) in [6.07, 6.45) is 0.503. The van der Waals surface area contributed by atoms with E-state index < -0.39 is 9.84 Å². The largest absolute Gasteiger partial charge is 0.330 e. The van der Waals surface area contributed by atoms with Gasteiger partial charge in [-0.3, -0.25) is 4.79 Å². The molecule has 2 N–H and O–H groups in total. The minimum Gasteiger partial charge on any atom is -0.330 e. The first-order valence-electron chi connectivity index (χ1n) is 9.64. The Morgan fingerprint density at radius 2 is 2.03 bits per heavy atom. The van der Waals surface area contributed by atoms with Gasteiger partial charge in [0.15, 0.2) is 14.2 Å². The van der Waals surface area contributed by atoms with Crippen LogP contribution in [0.4, 0.5) is 16.6 Å². The third-order valence-corrected chi connectivity index (χ3v) is 8.44. The molecule has 3 heterocycles. The van der Waals surface area contributed by atoms with Crippen LogP contribution in [0.1, 0.15) is 23.7 Å². The van der Waals surface area contributed by atoms with Crippen LogP contribution in [0.2, 0.25) is 0 Å². The van der Waals surface area contributed by atoms with Gasteiger partial charge in [0.2, 0.25) is 11.0 Å². The summed E-state index contributed by atoms with van der Waals surface area (Å²) in [7, 11) is -3.05. The van der Waals surface area contributed by atoms with E-state index in [9.17, 15) is 13.2 Å². The fourth-order valence-corrected chi connectivity index (χ4v) is 6.51. The molecule has 1 saturated heterocycles. The van der Waals surface area contributed by atoms with Gasteiger partial charge in [-0.05, 0) is 32.4 Å². The number of benzene rings is 1. The Balaban J connectivity index is 1.33. The lowest BCUT2D eigenvalue weighted by atomic mass is 10.2. The Labute approximate surface area is 188 Å². The number of sulfone groups is 1. The number of thioether (sulfide) groups is 1. The van der Waals surface area contributed by atoms with E-state index in [1.807, 2.05) is 38.1 Å². The number of nitrogens with zero attached hydrogens (tertiary/aromatic N) is 4. The Morgan fingerprint density at radius 1 is 1.26 bits per heavy atom. The van der Waals surface area contributed by atoms with Crippen molar-refractivity contribution in [3.63, 3.8) is 0 Å². The fourth-order valence-electron chi connectivity index (χ4n) is 3.24. The Bertz CT molecular complexity index is 1190. The first kappa shape index (κ1) is 21.8. The van der Waals surface area contributed by atoms with Gasteiger partial charge in [-0.2, -0.15) is 5.10 Å². The van der Waals surface area contributed by atoms with Crippen LogP contribution in [0.25, 0.3) is 0 Å². The molecule has 3 aromatic rings. The monoisotopic (exact) mass is 478 g/mol. The van der Waals surface area contributed by atoms with Crippen LogP contribution in [0.15, 0.2) is 34.7 Å². The molecule has 1 atom stereocenters. The van der Waals surface area contributed by atoms with Crippen molar-refractivity contribution in [2.75, 3.05) is 27.9 Å². The maximum absolute atomic E-state index is 12.5. The van der Waals surface area contributed by atoms with Crippen LogP contribution in [-0.4, -0.2) is 51.6 Å². The zero-order valence-corrected chi connectivity index (χ0v) is 19.5. The van der Waals surface area contributed by atoms with Crippen LogP contribution in [0.3, 0.4) is 0 Å². The topological polar surface area (TPSA) is 119 Å². The van der Waals surface area contributed by atoms with Gasteiger partial charge in [0.1, 0.15) is 5.82 Å². The molecule has 1 aliphatic heterocycles. The molecule has 0 radical (unpaired) electrons. The molecule has 12 heteroatoms. The molecule has 0 aliphatic carbocycles. The van der Waals surface area contributed by atoms with Crippen molar-refractivity contribution in [3.05, 3.63) is 41.6 Å². The van der Waals surface area contributed by atoms with Gasteiger partial charge in [-0.15, -0.1) is 10.2 Å². The molecule has 31 heavy (non-hydrogen) atoms. The number of rotatable bonds is 7. The second kappa shape index (κ2) is 8.97. The normalized spacial score (nSPS) is 17.5. The Kier molecular flexibility index (Phi) is 6.30. The van der Waals surface area contributed by atoms with Gasteiger partial charge in [0.25, 0.3) is 0 Å². The quantitative estimate of drug-likeness (QED) is 0.497. The van der Waals surface area contributed by atoms with Gasteiger partial charge < -0.3 is 10.6 Å². The van der Waals surface area contributed by atoms with Gasteiger partial charge >= 0.3 is 0 Å². The van der Waals surface area contributed by atoms with E-state index in [-0.39, 0.29) is 29.2 Å². The minimum atomic E-state index is -3.05. The number of carbonyl (C=O) groups excluding carboxylic acids is 1. The molecule has 0 bridgehead atoms. The number of hydrogen-bond donors (Lipinski definition) is 2. The van der Waals surface area contributed by atoms with Crippen molar-refractivity contribution in [2.24, 2.45) is 0 Å². The molecule has 1 aliphatic rings. The number of anilines is 3. The highest BCUT2D eigenvalue weighted by atomic mass is 32.2. The zero-order chi connectivity index (χ0) is 22.0. The summed E-state index contributed by atoms with van der Waals surface area (Å²) in [5.41, 5.74) is 2.83. The van der Waals surface area contributed by atoms with E-state index in [1.165, 1.54) is 28.7 Å². The average molecular weight is 479 g/mol. The van der Waals surface area contributed by atoms with E-state index in [2.05, 4.69) is 25.9 Å². The van der Waals surface area contributed by atoms with E-state index >= 15 is 0 Å². The van der Waals surface area contributed by atoms with Crippen LogP contribution < -0.4 is 10.6 Å². The zero-order valence-electron chi connectivity index (χ0n) is 17.0. The van der Waals surface area contributed by atoms with E-state index in [0.717, 1.165) is 11.4 Å².